The molecule has 0 aliphatic carbocycles. The van der Waals surface area contributed by atoms with Crippen LogP contribution in [0.3, 0.4) is 0 Å². The first kappa shape index (κ1) is 15.3. The van der Waals surface area contributed by atoms with E-state index >= 15 is 0 Å². The molecule has 0 bridgehead atoms. The highest BCUT2D eigenvalue weighted by Gasteiger charge is 2.20. The lowest BCUT2D eigenvalue weighted by atomic mass is 9.91. The van der Waals surface area contributed by atoms with Crippen molar-refractivity contribution in [2.75, 3.05) is 20.8 Å². The van der Waals surface area contributed by atoms with Gasteiger partial charge in [-0.2, -0.15) is 0 Å². The number of hydrogen-bond acceptors (Lipinski definition) is 3. The first-order valence-corrected chi connectivity index (χ1v) is 7.03. The van der Waals surface area contributed by atoms with Crippen molar-refractivity contribution in [3.8, 4) is 11.5 Å². The number of halogens is 1. The molecule has 3 nitrogen and oxygen atoms in total. The number of nitrogens with two attached hydrogens (primary N) is 1. The molecule has 0 spiro atoms. The largest absolute Gasteiger partial charge is 0.493 e. The van der Waals surface area contributed by atoms with Gasteiger partial charge in [-0.05, 0) is 36.9 Å². The van der Waals surface area contributed by atoms with Gasteiger partial charge in [0, 0.05) is 10.0 Å². The fourth-order valence-corrected chi connectivity index (χ4v) is 3.17. The molecule has 2 N–H and O–H groups in total. The highest BCUT2D eigenvalue weighted by atomic mass is 79.9. The van der Waals surface area contributed by atoms with Crippen LogP contribution in [0.1, 0.15) is 37.3 Å². The number of rotatable bonds is 6. The fourth-order valence-electron chi connectivity index (χ4n) is 2.33. The Morgan fingerprint density at radius 2 is 2.00 bits per heavy atom. The minimum Gasteiger partial charge on any atom is -0.493 e. The van der Waals surface area contributed by atoms with E-state index < -0.39 is 0 Å². The zero-order chi connectivity index (χ0) is 13.7. The van der Waals surface area contributed by atoms with Crippen molar-refractivity contribution in [1.29, 1.82) is 0 Å². The quantitative estimate of drug-likeness (QED) is 0.874. The predicted molar refractivity (Wildman–Crippen MR) is 78.7 cm³/mol. The third-order valence-corrected chi connectivity index (χ3v) is 3.86. The standard InChI is InChI=1S/C14H22BrNO2/c1-5-10-13(9(2)6-7-16)11(15)8-12(17-3)14(10)18-4/h8-9H,5-7,16H2,1-4H3. The monoisotopic (exact) mass is 315 g/mol. The van der Waals surface area contributed by atoms with Gasteiger partial charge in [0.2, 0.25) is 0 Å². The van der Waals surface area contributed by atoms with Crippen LogP contribution in [0.4, 0.5) is 0 Å². The van der Waals surface area contributed by atoms with Crippen molar-refractivity contribution in [3.05, 3.63) is 21.7 Å². The lowest BCUT2D eigenvalue weighted by molar-refractivity contribution is 0.350. The first-order chi connectivity index (χ1) is 8.60. The van der Waals surface area contributed by atoms with Gasteiger partial charge in [-0.1, -0.05) is 29.8 Å². The van der Waals surface area contributed by atoms with Crippen LogP contribution in [-0.4, -0.2) is 20.8 Å². The van der Waals surface area contributed by atoms with Gasteiger partial charge in [0.15, 0.2) is 11.5 Å². The molecule has 0 saturated heterocycles. The van der Waals surface area contributed by atoms with Crippen molar-refractivity contribution in [3.63, 3.8) is 0 Å². The van der Waals surface area contributed by atoms with Gasteiger partial charge >= 0.3 is 0 Å². The van der Waals surface area contributed by atoms with Gasteiger partial charge < -0.3 is 15.2 Å². The van der Waals surface area contributed by atoms with E-state index in [-0.39, 0.29) is 0 Å². The Morgan fingerprint density at radius 3 is 2.44 bits per heavy atom. The maximum atomic E-state index is 5.66. The van der Waals surface area contributed by atoms with Gasteiger partial charge in [0.1, 0.15) is 0 Å². The summed E-state index contributed by atoms with van der Waals surface area (Å²) in [5, 5.41) is 0. The van der Waals surface area contributed by atoms with Crippen LogP contribution in [0.5, 0.6) is 11.5 Å². The smallest absolute Gasteiger partial charge is 0.164 e. The van der Waals surface area contributed by atoms with Gasteiger partial charge in [0.25, 0.3) is 0 Å². The summed E-state index contributed by atoms with van der Waals surface area (Å²) >= 11 is 3.64. The van der Waals surface area contributed by atoms with Crippen LogP contribution in [-0.2, 0) is 6.42 Å². The predicted octanol–water partition coefficient (Wildman–Crippen LogP) is 3.48. The van der Waals surface area contributed by atoms with E-state index in [1.54, 1.807) is 14.2 Å². The first-order valence-electron chi connectivity index (χ1n) is 6.23. The minimum atomic E-state index is 0.402. The molecule has 102 valence electrons. The maximum absolute atomic E-state index is 5.66. The summed E-state index contributed by atoms with van der Waals surface area (Å²) in [4.78, 5) is 0. The number of methoxy groups -OCH3 is 2. The molecule has 0 fully saturated rings. The second kappa shape index (κ2) is 7.00. The Morgan fingerprint density at radius 1 is 1.33 bits per heavy atom. The SMILES string of the molecule is CCc1c(OC)c(OC)cc(Br)c1C(C)CCN. The minimum absolute atomic E-state index is 0.402. The summed E-state index contributed by atoms with van der Waals surface area (Å²) in [5.41, 5.74) is 8.14. The van der Waals surface area contributed by atoms with Crippen molar-refractivity contribution < 1.29 is 9.47 Å². The molecule has 4 heteroatoms. The summed E-state index contributed by atoms with van der Waals surface area (Å²) in [7, 11) is 3.34. The molecular weight excluding hydrogens is 294 g/mol. The zero-order valence-corrected chi connectivity index (χ0v) is 13.1. The van der Waals surface area contributed by atoms with E-state index in [9.17, 15) is 0 Å². The van der Waals surface area contributed by atoms with Gasteiger partial charge in [-0.3, -0.25) is 0 Å². The van der Waals surface area contributed by atoms with Gasteiger partial charge in [0.05, 0.1) is 14.2 Å². The van der Waals surface area contributed by atoms with Gasteiger partial charge in [-0.15, -0.1) is 0 Å². The van der Waals surface area contributed by atoms with E-state index in [1.165, 1.54) is 11.1 Å². The lowest BCUT2D eigenvalue weighted by Gasteiger charge is -2.21. The van der Waals surface area contributed by atoms with Crippen LogP contribution in [0.25, 0.3) is 0 Å². The summed E-state index contributed by atoms with van der Waals surface area (Å²) < 4.78 is 11.9. The zero-order valence-electron chi connectivity index (χ0n) is 11.5. The normalized spacial score (nSPS) is 12.3. The van der Waals surface area contributed by atoms with Crippen LogP contribution < -0.4 is 15.2 Å². The molecule has 1 rings (SSSR count). The molecule has 1 atom stereocenters. The van der Waals surface area contributed by atoms with Crippen molar-refractivity contribution >= 4 is 15.9 Å². The second-order valence-electron chi connectivity index (χ2n) is 4.32. The lowest BCUT2D eigenvalue weighted by Crippen LogP contribution is -2.09. The highest BCUT2D eigenvalue weighted by Crippen LogP contribution is 2.42. The Bertz CT molecular complexity index is 407. The van der Waals surface area contributed by atoms with E-state index in [2.05, 4.69) is 29.8 Å². The third kappa shape index (κ3) is 2.98. The third-order valence-electron chi connectivity index (χ3n) is 3.21. The maximum Gasteiger partial charge on any atom is 0.164 e. The van der Waals surface area contributed by atoms with Crippen LogP contribution in [0.2, 0.25) is 0 Å². The van der Waals surface area contributed by atoms with Crippen LogP contribution in [0.15, 0.2) is 10.5 Å². The molecule has 0 amide bonds. The fraction of sp³-hybridized carbons (Fsp3) is 0.571. The summed E-state index contributed by atoms with van der Waals surface area (Å²) in [6.07, 6.45) is 1.87. The molecule has 18 heavy (non-hydrogen) atoms. The molecule has 0 saturated carbocycles. The average molecular weight is 316 g/mol. The second-order valence-corrected chi connectivity index (χ2v) is 5.17. The van der Waals surface area contributed by atoms with Crippen molar-refractivity contribution in [1.82, 2.24) is 0 Å². The van der Waals surface area contributed by atoms with Crippen molar-refractivity contribution in [2.45, 2.75) is 32.6 Å². The molecule has 1 unspecified atom stereocenters. The summed E-state index contributed by atoms with van der Waals surface area (Å²) in [5.74, 6) is 2.01. The molecule has 1 aromatic carbocycles. The molecule has 1 aromatic rings. The highest BCUT2D eigenvalue weighted by molar-refractivity contribution is 9.10. The van der Waals surface area contributed by atoms with E-state index in [0.717, 1.165) is 28.8 Å². The summed E-state index contributed by atoms with van der Waals surface area (Å²) in [6, 6.07) is 1.97. The molecule has 0 aliphatic rings. The molecule has 0 heterocycles. The Labute approximate surface area is 118 Å². The number of ether oxygens (including phenoxy) is 2. The van der Waals surface area contributed by atoms with E-state index in [1.807, 2.05) is 6.07 Å². The molecule has 0 aromatic heterocycles. The Kier molecular flexibility index (Phi) is 5.96. The van der Waals surface area contributed by atoms with E-state index in [4.69, 9.17) is 15.2 Å². The topological polar surface area (TPSA) is 44.5 Å². The summed E-state index contributed by atoms with van der Waals surface area (Å²) in [6.45, 7) is 5.01. The van der Waals surface area contributed by atoms with Crippen LogP contribution >= 0.6 is 15.9 Å². The van der Waals surface area contributed by atoms with Crippen molar-refractivity contribution in [2.24, 2.45) is 5.73 Å². The molecule has 0 radical (unpaired) electrons. The Balaban J connectivity index is 3.40. The van der Waals surface area contributed by atoms with Gasteiger partial charge in [-0.25, -0.2) is 0 Å². The number of benzene rings is 1. The van der Waals surface area contributed by atoms with Crippen LogP contribution in [0, 0.1) is 0 Å². The average Bonchev–Trinajstić information content (AvgIpc) is 2.37. The Hall–Kier alpha value is -0.740. The number of hydrogen-bond donors (Lipinski definition) is 1. The molecule has 0 aliphatic heterocycles. The van der Waals surface area contributed by atoms with E-state index in [0.29, 0.717) is 12.5 Å². The molecular formula is C14H22BrNO2.